The van der Waals surface area contributed by atoms with Gasteiger partial charge in [-0.2, -0.15) is 0 Å². The molecule has 0 spiro atoms. The fourth-order valence-corrected chi connectivity index (χ4v) is 2.15. The summed E-state index contributed by atoms with van der Waals surface area (Å²) in [6.45, 7) is 4.77. The van der Waals surface area contributed by atoms with Gasteiger partial charge in [0.25, 0.3) is 0 Å². The molecule has 0 atom stereocenters. The van der Waals surface area contributed by atoms with Gasteiger partial charge in [0.1, 0.15) is 22.8 Å². The normalized spacial score (nSPS) is 11.2. The number of hydrogen-bond donors (Lipinski definition) is 1. The molecule has 2 rings (SSSR count). The van der Waals surface area contributed by atoms with Crippen molar-refractivity contribution in [3.63, 3.8) is 0 Å². The highest BCUT2D eigenvalue weighted by Gasteiger charge is 2.19. The van der Waals surface area contributed by atoms with Crippen LogP contribution in [0.3, 0.4) is 0 Å². The van der Waals surface area contributed by atoms with Crippen molar-refractivity contribution in [2.75, 3.05) is 20.8 Å². The van der Waals surface area contributed by atoms with Crippen molar-refractivity contribution in [3.8, 4) is 11.5 Å². The predicted molar refractivity (Wildman–Crippen MR) is 87.5 cm³/mol. The van der Waals surface area contributed by atoms with Crippen LogP contribution in [-0.2, 0) is 14.3 Å². The van der Waals surface area contributed by atoms with E-state index in [4.69, 9.17) is 18.9 Å². The predicted octanol–water partition coefficient (Wildman–Crippen LogP) is 2.68. The van der Waals surface area contributed by atoms with Crippen molar-refractivity contribution in [2.24, 2.45) is 0 Å². The number of esters is 2. The average Bonchev–Trinajstić information content (AvgIpc) is 2.93. The van der Waals surface area contributed by atoms with Crippen molar-refractivity contribution in [1.82, 2.24) is 4.98 Å². The number of aromatic amines is 1. The van der Waals surface area contributed by atoms with Gasteiger partial charge in [-0.05, 0) is 32.9 Å². The first-order valence-electron chi connectivity index (χ1n) is 7.37. The molecule has 0 fully saturated rings. The van der Waals surface area contributed by atoms with Gasteiger partial charge in [0.15, 0.2) is 6.61 Å². The summed E-state index contributed by atoms with van der Waals surface area (Å²) in [5.74, 6) is -0.119. The monoisotopic (exact) mass is 335 g/mol. The third kappa shape index (κ3) is 4.18. The first-order chi connectivity index (χ1) is 11.2. The quantitative estimate of drug-likeness (QED) is 0.845. The summed E-state index contributed by atoms with van der Waals surface area (Å²) in [4.78, 5) is 26.6. The Hall–Kier alpha value is -2.70. The van der Waals surface area contributed by atoms with E-state index in [-0.39, 0.29) is 5.69 Å². The minimum Gasteiger partial charge on any atom is -0.497 e. The molecule has 0 aliphatic rings. The molecule has 0 bridgehead atoms. The molecule has 1 aromatic heterocycles. The van der Waals surface area contributed by atoms with E-state index in [9.17, 15) is 9.59 Å². The topological polar surface area (TPSA) is 86.9 Å². The lowest BCUT2D eigenvalue weighted by molar-refractivity contribution is -0.158. The smallest absolute Gasteiger partial charge is 0.355 e. The zero-order chi connectivity index (χ0) is 17.9. The first kappa shape index (κ1) is 17.7. The van der Waals surface area contributed by atoms with Gasteiger partial charge < -0.3 is 23.9 Å². The summed E-state index contributed by atoms with van der Waals surface area (Å²) >= 11 is 0. The number of methoxy groups -OCH3 is 2. The van der Waals surface area contributed by atoms with Gasteiger partial charge in [-0.25, -0.2) is 9.59 Å². The van der Waals surface area contributed by atoms with Gasteiger partial charge in [0.2, 0.25) is 0 Å². The Balaban J connectivity index is 2.14. The molecule has 0 radical (unpaired) electrons. The van der Waals surface area contributed by atoms with Crippen LogP contribution in [0.2, 0.25) is 0 Å². The van der Waals surface area contributed by atoms with Crippen molar-refractivity contribution in [1.29, 1.82) is 0 Å². The van der Waals surface area contributed by atoms with Gasteiger partial charge in [-0.3, -0.25) is 0 Å². The summed E-state index contributed by atoms with van der Waals surface area (Å²) in [5.41, 5.74) is 0.219. The maximum atomic E-state index is 12.1. The highest BCUT2D eigenvalue weighted by Crippen LogP contribution is 2.31. The van der Waals surface area contributed by atoms with E-state index in [2.05, 4.69) is 4.98 Å². The zero-order valence-corrected chi connectivity index (χ0v) is 14.4. The molecule has 1 heterocycles. The van der Waals surface area contributed by atoms with Crippen molar-refractivity contribution in [3.05, 3.63) is 23.9 Å². The molecule has 7 heteroatoms. The fourth-order valence-electron chi connectivity index (χ4n) is 2.15. The number of H-pyrrole nitrogens is 1. The van der Waals surface area contributed by atoms with Gasteiger partial charge in [0, 0.05) is 11.5 Å². The molecule has 0 saturated carbocycles. The molecule has 0 unspecified atom stereocenters. The molecule has 0 saturated heterocycles. The van der Waals surface area contributed by atoms with E-state index < -0.39 is 24.1 Å². The molecule has 0 aliphatic carbocycles. The Bertz CT molecular complexity index is 756. The largest absolute Gasteiger partial charge is 0.497 e. The Labute approximate surface area is 139 Å². The number of aromatic nitrogens is 1. The van der Waals surface area contributed by atoms with Crippen LogP contribution >= 0.6 is 0 Å². The molecule has 0 aliphatic heterocycles. The standard InChI is InChI=1S/C17H21NO6/c1-17(2,3)24-14(19)9-23-16(20)12-7-10-6-11(21-4)8-13(22-5)15(10)18-12/h6-8,18H,9H2,1-5H3. The lowest BCUT2D eigenvalue weighted by atomic mass is 10.2. The first-order valence-corrected chi connectivity index (χ1v) is 7.37. The van der Waals surface area contributed by atoms with Crippen LogP contribution < -0.4 is 9.47 Å². The highest BCUT2D eigenvalue weighted by molar-refractivity contribution is 5.97. The zero-order valence-electron chi connectivity index (χ0n) is 14.4. The minimum absolute atomic E-state index is 0.208. The Morgan fingerprint density at radius 3 is 2.38 bits per heavy atom. The Kier molecular flexibility index (Phi) is 5.02. The molecule has 130 valence electrons. The van der Waals surface area contributed by atoms with Gasteiger partial charge in [0.05, 0.1) is 19.7 Å². The van der Waals surface area contributed by atoms with Crippen LogP contribution in [0.15, 0.2) is 18.2 Å². The van der Waals surface area contributed by atoms with Crippen molar-refractivity contribution < 1.29 is 28.5 Å². The number of carbonyl (C=O) groups is 2. The van der Waals surface area contributed by atoms with Crippen molar-refractivity contribution >= 4 is 22.8 Å². The summed E-state index contributed by atoms with van der Waals surface area (Å²) in [7, 11) is 3.07. The van der Waals surface area contributed by atoms with Crippen LogP contribution in [-0.4, -0.2) is 43.4 Å². The second-order valence-electron chi connectivity index (χ2n) is 6.14. The summed E-state index contributed by atoms with van der Waals surface area (Å²) in [6, 6.07) is 5.07. The molecule has 7 nitrogen and oxygen atoms in total. The minimum atomic E-state index is -0.655. The lowest BCUT2D eigenvalue weighted by Gasteiger charge is -2.19. The molecular formula is C17H21NO6. The third-order valence-corrected chi connectivity index (χ3v) is 3.08. The van der Waals surface area contributed by atoms with Gasteiger partial charge >= 0.3 is 11.9 Å². The van der Waals surface area contributed by atoms with Crippen molar-refractivity contribution in [2.45, 2.75) is 26.4 Å². The van der Waals surface area contributed by atoms with E-state index in [1.807, 2.05) is 0 Å². The maximum absolute atomic E-state index is 12.1. The molecule has 0 amide bonds. The lowest BCUT2D eigenvalue weighted by Crippen LogP contribution is -2.27. The fraction of sp³-hybridized carbons (Fsp3) is 0.412. The SMILES string of the molecule is COc1cc(OC)c2[nH]c(C(=O)OCC(=O)OC(C)(C)C)cc2c1. The van der Waals surface area contributed by atoms with E-state index in [0.29, 0.717) is 17.0 Å². The van der Waals surface area contributed by atoms with Gasteiger partial charge in [-0.1, -0.05) is 0 Å². The molecule has 2 aromatic rings. The van der Waals surface area contributed by atoms with Gasteiger partial charge in [-0.15, -0.1) is 0 Å². The number of hydrogen-bond acceptors (Lipinski definition) is 6. The summed E-state index contributed by atoms with van der Waals surface area (Å²) in [6.07, 6.45) is 0. The highest BCUT2D eigenvalue weighted by atomic mass is 16.6. The average molecular weight is 335 g/mol. The van der Waals surface area contributed by atoms with Crippen LogP contribution in [0.4, 0.5) is 0 Å². The van der Waals surface area contributed by atoms with E-state index in [0.717, 1.165) is 5.39 Å². The van der Waals surface area contributed by atoms with E-state index in [1.54, 1.807) is 46.1 Å². The number of rotatable bonds is 5. The Morgan fingerprint density at radius 1 is 1.08 bits per heavy atom. The number of ether oxygens (including phenoxy) is 4. The molecule has 24 heavy (non-hydrogen) atoms. The molecule has 1 N–H and O–H groups in total. The van der Waals surface area contributed by atoms with Crippen LogP contribution in [0, 0.1) is 0 Å². The van der Waals surface area contributed by atoms with Crippen LogP contribution in [0.25, 0.3) is 10.9 Å². The second kappa shape index (κ2) is 6.82. The number of fused-ring (bicyclic) bond motifs is 1. The summed E-state index contributed by atoms with van der Waals surface area (Å²) in [5, 5.41) is 0.732. The van der Waals surface area contributed by atoms with Crippen LogP contribution in [0.1, 0.15) is 31.3 Å². The Morgan fingerprint density at radius 2 is 1.79 bits per heavy atom. The van der Waals surface area contributed by atoms with E-state index in [1.165, 1.54) is 7.11 Å². The molecule has 1 aromatic carbocycles. The summed E-state index contributed by atoms with van der Waals surface area (Å²) < 4.78 is 20.5. The van der Waals surface area contributed by atoms with Crippen LogP contribution in [0.5, 0.6) is 11.5 Å². The maximum Gasteiger partial charge on any atom is 0.355 e. The van der Waals surface area contributed by atoms with E-state index >= 15 is 0 Å². The number of benzene rings is 1. The number of nitrogens with one attached hydrogen (secondary N) is 1. The third-order valence-electron chi connectivity index (χ3n) is 3.08. The molecular weight excluding hydrogens is 314 g/mol. The second-order valence-corrected chi connectivity index (χ2v) is 6.14. The number of carbonyl (C=O) groups excluding carboxylic acids is 2.